The minimum atomic E-state index is -0.513. The maximum absolute atomic E-state index is 13.8. The molecule has 4 rings (SSSR count). The van der Waals surface area contributed by atoms with E-state index in [1.54, 1.807) is 0 Å². The number of piperidine rings is 1. The number of aromatic nitrogens is 1. The molecule has 110 valence electrons. The lowest BCUT2D eigenvalue weighted by Gasteiger charge is -2.36. The zero-order valence-corrected chi connectivity index (χ0v) is 12.0. The summed E-state index contributed by atoms with van der Waals surface area (Å²) in [6.07, 6.45) is 11.7. The number of allylic oxidation sites excluding steroid dienone is 1. The van der Waals surface area contributed by atoms with Crippen molar-refractivity contribution in [1.29, 1.82) is 0 Å². The quantitative estimate of drug-likeness (QED) is 0.781. The number of hydrogen-bond donors (Lipinski definition) is 0. The number of halogens is 1. The van der Waals surface area contributed by atoms with Crippen LogP contribution in [0.2, 0.25) is 0 Å². The summed E-state index contributed by atoms with van der Waals surface area (Å²) in [5.41, 5.74) is 1.68. The lowest BCUT2D eigenvalue weighted by atomic mass is 9.94. The molecule has 3 nitrogen and oxygen atoms in total. The molecular weight excluding hydrogens is 267 g/mol. The normalized spacial score (nSPS) is 27.9. The number of pyridine rings is 1. The van der Waals surface area contributed by atoms with Crippen LogP contribution in [0.5, 0.6) is 0 Å². The van der Waals surface area contributed by atoms with E-state index in [9.17, 15) is 9.18 Å². The van der Waals surface area contributed by atoms with Gasteiger partial charge in [-0.1, -0.05) is 11.6 Å². The number of rotatable bonds is 2. The second-order valence-electron chi connectivity index (χ2n) is 6.52. The fourth-order valence-corrected chi connectivity index (χ4v) is 3.80. The van der Waals surface area contributed by atoms with Crippen molar-refractivity contribution in [1.82, 2.24) is 9.88 Å². The Labute approximate surface area is 123 Å². The minimum Gasteiger partial charge on any atom is -0.332 e. The van der Waals surface area contributed by atoms with Crippen LogP contribution in [0, 0.1) is 11.7 Å². The first-order valence-corrected chi connectivity index (χ1v) is 7.84. The summed E-state index contributed by atoms with van der Waals surface area (Å²) < 4.78 is 13.8. The lowest BCUT2D eigenvalue weighted by Crippen LogP contribution is -2.45. The van der Waals surface area contributed by atoms with Crippen LogP contribution in [0.1, 0.15) is 48.9 Å². The van der Waals surface area contributed by atoms with Crippen molar-refractivity contribution in [2.45, 2.75) is 50.6 Å². The number of amides is 1. The number of carbonyl (C=O) groups excluding carboxylic acids is 1. The monoisotopic (exact) mass is 286 g/mol. The summed E-state index contributed by atoms with van der Waals surface area (Å²) in [7, 11) is 0. The Bertz CT molecular complexity index is 593. The van der Waals surface area contributed by atoms with Crippen molar-refractivity contribution >= 4 is 5.91 Å². The molecule has 1 saturated carbocycles. The molecule has 0 N–H and O–H groups in total. The molecule has 1 aliphatic carbocycles. The Balaban J connectivity index is 1.57. The average Bonchev–Trinajstić information content (AvgIpc) is 3.24. The van der Waals surface area contributed by atoms with E-state index in [0.717, 1.165) is 37.8 Å². The molecule has 3 heterocycles. The Kier molecular flexibility index (Phi) is 3.05. The zero-order valence-electron chi connectivity index (χ0n) is 12.0. The second kappa shape index (κ2) is 4.93. The van der Waals surface area contributed by atoms with E-state index in [0.29, 0.717) is 0 Å². The van der Waals surface area contributed by atoms with Gasteiger partial charge in [0.15, 0.2) is 5.82 Å². The summed E-state index contributed by atoms with van der Waals surface area (Å²) in [4.78, 5) is 18.3. The van der Waals surface area contributed by atoms with Crippen molar-refractivity contribution in [3.8, 4) is 0 Å². The smallest absolute Gasteiger partial charge is 0.257 e. The molecule has 1 aromatic heterocycles. The number of fused-ring (bicyclic) bond motifs is 2. The molecule has 0 spiro atoms. The van der Waals surface area contributed by atoms with Gasteiger partial charge >= 0.3 is 0 Å². The fourth-order valence-electron chi connectivity index (χ4n) is 3.80. The van der Waals surface area contributed by atoms with Gasteiger partial charge in [-0.15, -0.1) is 0 Å². The summed E-state index contributed by atoms with van der Waals surface area (Å²) in [5, 5.41) is 0. The van der Waals surface area contributed by atoms with E-state index < -0.39 is 5.82 Å². The topological polar surface area (TPSA) is 33.2 Å². The highest BCUT2D eigenvalue weighted by atomic mass is 19.1. The third-order valence-electron chi connectivity index (χ3n) is 4.95. The molecule has 2 bridgehead atoms. The van der Waals surface area contributed by atoms with E-state index >= 15 is 0 Å². The molecule has 3 fully saturated rings. The SMILES string of the molecule is O=C(c1ccncc1F)N1C2CCC1CC(=CC1CC1)C2. The maximum Gasteiger partial charge on any atom is 0.257 e. The first-order chi connectivity index (χ1) is 10.2. The van der Waals surface area contributed by atoms with Crippen molar-refractivity contribution < 1.29 is 9.18 Å². The van der Waals surface area contributed by atoms with Gasteiger partial charge < -0.3 is 4.90 Å². The maximum atomic E-state index is 13.8. The van der Waals surface area contributed by atoms with E-state index in [2.05, 4.69) is 11.1 Å². The van der Waals surface area contributed by atoms with Gasteiger partial charge in [-0.05, 0) is 50.5 Å². The molecule has 0 radical (unpaired) electrons. The largest absolute Gasteiger partial charge is 0.332 e. The van der Waals surface area contributed by atoms with E-state index in [-0.39, 0.29) is 23.6 Å². The molecule has 2 atom stereocenters. The first kappa shape index (κ1) is 13.0. The van der Waals surface area contributed by atoms with Crippen molar-refractivity contribution in [3.63, 3.8) is 0 Å². The van der Waals surface area contributed by atoms with Crippen molar-refractivity contribution in [2.24, 2.45) is 5.92 Å². The second-order valence-corrected chi connectivity index (χ2v) is 6.52. The van der Waals surface area contributed by atoms with Gasteiger partial charge in [0, 0.05) is 18.3 Å². The standard InChI is InChI=1S/C17H19FN2O/c18-16-10-19-6-5-15(16)17(21)20-13-3-4-14(20)9-12(8-13)7-11-1-2-11/h5-7,10-11,13-14H,1-4,8-9H2. The Morgan fingerprint density at radius 1 is 1.24 bits per heavy atom. The number of nitrogens with zero attached hydrogens (tertiary/aromatic N) is 2. The van der Waals surface area contributed by atoms with Gasteiger partial charge in [0.2, 0.25) is 0 Å². The average molecular weight is 286 g/mol. The van der Waals surface area contributed by atoms with Crippen LogP contribution in [-0.2, 0) is 0 Å². The summed E-state index contributed by atoms with van der Waals surface area (Å²) in [6.45, 7) is 0. The predicted molar refractivity (Wildman–Crippen MR) is 77.2 cm³/mol. The van der Waals surface area contributed by atoms with Crippen LogP contribution in [0.25, 0.3) is 0 Å². The van der Waals surface area contributed by atoms with E-state index in [1.165, 1.54) is 30.7 Å². The zero-order chi connectivity index (χ0) is 14.4. The van der Waals surface area contributed by atoms with Crippen LogP contribution in [0.15, 0.2) is 30.1 Å². The molecule has 2 saturated heterocycles. The van der Waals surface area contributed by atoms with Gasteiger partial charge in [0.05, 0.1) is 11.8 Å². The third-order valence-corrected chi connectivity index (χ3v) is 4.95. The van der Waals surface area contributed by atoms with Crippen LogP contribution in [-0.4, -0.2) is 27.9 Å². The third kappa shape index (κ3) is 2.37. The predicted octanol–water partition coefficient (Wildman–Crippen LogP) is 3.32. The molecule has 2 aliphatic heterocycles. The molecular formula is C17H19FN2O. The summed E-state index contributed by atoms with van der Waals surface area (Å²) in [6, 6.07) is 2.01. The van der Waals surface area contributed by atoms with E-state index in [4.69, 9.17) is 0 Å². The Morgan fingerprint density at radius 2 is 1.95 bits per heavy atom. The van der Waals surface area contributed by atoms with Gasteiger partial charge in [0.1, 0.15) is 0 Å². The Hall–Kier alpha value is -1.71. The fraction of sp³-hybridized carbons (Fsp3) is 0.529. The molecule has 0 aromatic carbocycles. The van der Waals surface area contributed by atoms with Crippen LogP contribution >= 0.6 is 0 Å². The highest BCUT2D eigenvalue weighted by Crippen LogP contribution is 2.42. The molecule has 2 unspecified atom stereocenters. The summed E-state index contributed by atoms with van der Waals surface area (Å²) >= 11 is 0. The first-order valence-electron chi connectivity index (χ1n) is 7.84. The van der Waals surface area contributed by atoms with Crippen molar-refractivity contribution in [3.05, 3.63) is 41.5 Å². The van der Waals surface area contributed by atoms with Crippen molar-refractivity contribution in [2.75, 3.05) is 0 Å². The lowest BCUT2D eigenvalue weighted by molar-refractivity contribution is 0.0629. The number of hydrogen-bond acceptors (Lipinski definition) is 2. The van der Waals surface area contributed by atoms with Gasteiger partial charge in [-0.25, -0.2) is 4.39 Å². The Morgan fingerprint density at radius 3 is 2.57 bits per heavy atom. The molecule has 1 amide bonds. The van der Waals surface area contributed by atoms with Gasteiger partial charge in [0.25, 0.3) is 5.91 Å². The minimum absolute atomic E-state index is 0.159. The molecule has 3 aliphatic rings. The van der Waals surface area contributed by atoms with Crippen LogP contribution < -0.4 is 0 Å². The molecule has 4 heteroatoms. The summed E-state index contributed by atoms with van der Waals surface area (Å²) in [5.74, 6) is 0.119. The van der Waals surface area contributed by atoms with Crippen LogP contribution in [0.4, 0.5) is 4.39 Å². The molecule has 21 heavy (non-hydrogen) atoms. The van der Waals surface area contributed by atoms with E-state index in [1.807, 2.05) is 4.90 Å². The van der Waals surface area contributed by atoms with Gasteiger partial charge in [-0.3, -0.25) is 9.78 Å². The number of carbonyl (C=O) groups is 1. The highest BCUT2D eigenvalue weighted by Gasteiger charge is 2.42. The molecule has 1 aromatic rings. The van der Waals surface area contributed by atoms with Gasteiger partial charge in [-0.2, -0.15) is 0 Å². The highest BCUT2D eigenvalue weighted by molar-refractivity contribution is 5.95. The van der Waals surface area contributed by atoms with Crippen LogP contribution in [0.3, 0.4) is 0 Å².